The zero-order chi connectivity index (χ0) is 31.0. The Balaban J connectivity index is 0.00000119. The van der Waals surface area contributed by atoms with Crippen LogP contribution in [0.5, 0.6) is 0 Å². The molecule has 0 spiro atoms. The number of hydrogen-bond acceptors (Lipinski definition) is 12. The molecule has 1 unspecified atom stereocenters. The molecule has 0 radical (unpaired) electrons. The number of carboxylic acids is 1. The van der Waals surface area contributed by atoms with Gasteiger partial charge in [-0.15, -0.1) is 20.4 Å². The second-order valence-corrected chi connectivity index (χ2v) is 12.1. The molecule has 0 aliphatic carbocycles. The van der Waals surface area contributed by atoms with Crippen LogP contribution in [0.2, 0.25) is 0 Å². The minimum absolute atomic E-state index is 0.118. The molecule has 43 heavy (non-hydrogen) atoms. The number of nitrogens with one attached hydrogen (secondary N) is 2. The van der Waals surface area contributed by atoms with Crippen LogP contribution in [0.4, 0.5) is 10.3 Å². The van der Waals surface area contributed by atoms with Crippen LogP contribution < -0.4 is 10.6 Å². The molecule has 4 rings (SSSR count). The van der Waals surface area contributed by atoms with Crippen LogP contribution in [0, 0.1) is 0 Å². The second-order valence-electron chi connectivity index (χ2n) is 8.73. The summed E-state index contributed by atoms with van der Waals surface area (Å²) in [6.45, 7) is 2.35. The highest BCUT2D eigenvalue weighted by Crippen LogP contribution is 2.23. The summed E-state index contributed by atoms with van der Waals surface area (Å²) in [6, 6.07) is 18.4. The summed E-state index contributed by atoms with van der Waals surface area (Å²) in [5.74, 6) is -0.321. The number of nitrogens with zero attached hydrogens (tertiary/aromatic N) is 4. The molecule has 2 aromatic heterocycles. The summed E-state index contributed by atoms with van der Waals surface area (Å²) in [5, 5.41) is 31.9. The molecule has 0 saturated heterocycles. The van der Waals surface area contributed by atoms with Crippen LogP contribution in [0.1, 0.15) is 41.1 Å². The average molecular weight is 643 g/mol. The number of carbonyl (C=O) groups is 4. The molecule has 2 aromatic carbocycles. The number of hydrogen-bond donors (Lipinski definition) is 3. The second kappa shape index (κ2) is 17.7. The molecule has 226 valence electrons. The molecule has 0 bridgehead atoms. The Kier molecular flexibility index (Phi) is 13.7. The van der Waals surface area contributed by atoms with Gasteiger partial charge in [0.05, 0.1) is 6.42 Å². The minimum atomic E-state index is -1.07. The molecule has 15 heteroatoms. The third kappa shape index (κ3) is 12.7. The molecule has 0 fully saturated rings. The molecule has 1 atom stereocenters. The number of rotatable bonds is 13. The summed E-state index contributed by atoms with van der Waals surface area (Å²) in [7, 11) is 0. The summed E-state index contributed by atoms with van der Waals surface area (Å²) in [5.41, 5.74) is 1.52. The first-order valence-corrected chi connectivity index (χ1v) is 15.8. The van der Waals surface area contributed by atoms with Gasteiger partial charge in [0.15, 0.2) is 0 Å². The number of esters is 1. The van der Waals surface area contributed by atoms with Gasteiger partial charge in [-0.3, -0.25) is 24.5 Å². The predicted molar refractivity (Wildman–Crippen MR) is 166 cm³/mol. The molecule has 0 aliphatic rings. The maximum Gasteiger partial charge on any atom is 0.303 e. The molecule has 4 aromatic rings. The van der Waals surface area contributed by atoms with E-state index in [-0.39, 0.29) is 5.91 Å². The van der Waals surface area contributed by atoms with E-state index in [1.165, 1.54) is 29.6 Å². The molecule has 2 amide bonds. The standard InChI is InChI=1S/C26H26N6O4S3.C2H4O2/c1-17(33)36-23(19-10-6-3-7-11-19)24(35)28-26-32-30-22(39-26)13-15-37-14-12-21-29-31-25(38-21)27-20(34)16-18-8-4-2-5-9-18;1-2(3)4/h2-11,23H,12-16H2,1H3,(H,27,31,34)(H,28,32,35);1H3,(H,3,4). The number of ether oxygens (including phenoxy) is 1. The first-order chi connectivity index (χ1) is 20.7. The summed E-state index contributed by atoms with van der Waals surface area (Å²) < 4.78 is 5.22. The van der Waals surface area contributed by atoms with Gasteiger partial charge in [0.1, 0.15) is 10.0 Å². The SMILES string of the molecule is CC(=O)O.CC(=O)OC(C(=O)Nc1nnc(CCSCCc2nnc(NC(=O)Cc3ccccc3)s2)s1)c1ccccc1. The van der Waals surface area contributed by atoms with Crippen molar-refractivity contribution in [3.05, 3.63) is 81.8 Å². The smallest absolute Gasteiger partial charge is 0.303 e. The predicted octanol–water partition coefficient (Wildman–Crippen LogP) is 4.42. The number of aryl methyl sites for hydroxylation is 2. The van der Waals surface area contributed by atoms with E-state index in [0.717, 1.165) is 40.4 Å². The van der Waals surface area contributed by atoms with Crippen molar-refractivity contribution < 1.29 is 29.0 Å². The lowest BCUT2D eigenvalue weighted by molar-refractivity contribution is -0.152. The number of aliphatic carboxylic acids is 1. The largest absolute Gasteiger partial charge is 0.481 e. The summed E-state index contributed by atoms with van der Waals surface area (Å²) in [4.78, 5) is 45.4. The number of benzene rings is 2. The highest BCUT2D eigenvalue weighted by atomic mass is 32.2. The highest BCUT2D eigenvalue weighted by Gasteiger charge is 2.25. The third-order valence-corrected chi connectivity index (χ3v) is 7.95. The Morgan fingerprint density at radius 2 is 1.33 bits per heavy atom. The number of carboxylic acid groups (broad SMARTS) is 1. The van der Waals surface area contributed by atoms with Crippen LogP contribution in [0.25, 0.3) is 0 Å². The Bertz CT molecular complexity index is 1480. The van der Waals surface area contributed by atoms with Gasteiger partial charge >= 0.3 is 5.97 Å². The van der Waals surface area contributed by atoms with Crippen molar-refractivity contribution in [2.75, 3.05) is 22.1 Å². The van der Waals surface area contributed by atoms with E-state index in [0.29, 0.717) is 28.7 Å². The lowest BCUT2D eigenvalue weighted by Gasteiger charge is -2.15. The Hall–Kier alpha value is -4.21. The van der Waals surface area contributed by atoms with Crippen molar-refractivity contribution >= 4 is 68.5 Å². The van der Waals surface area contributed by atoms with Crippen molar-refractivity contribution in [2.45, 2.75) is 39.2 Å². The Morgan fingerprint density at radius 3 is 1.86 bits per heavy atom. The van der Waals surface area contributed by atoms with Gasteiger partial charge in [0.25, 0.3) is 11.9 Å². The number of carbonyl (C=O) groups excluding carboxylic acids is 3. The van der Waals surface area contributed by atoms with Crippen LogP contribution in [0.15, 0.2) is 60.7 Å². The van der Waals surface area contributed by atoms with E-state index in [9.17, 15) is 14.4 Å². The number of aromatic nitrogens is 4. The first-order valence-electron chi connectivity index (χ1n) is 13.0. The maximum atomic E-state index is 12.7. The fourth-order valence-electron chi connectivity index (χ4n) is 3.41. The molecule has 0 aliphatic heterocycles. The molecular formula is C28H30N6O6S3. The maximum absolute atomic E-state index is 12.7. The van der Waals surface area contributed by atoms with Crippen LogP contribution in [-0.4, -0.2) is 60.8 Å². The number of amides is 2. The zero-order valence-electron chi connectivity index (χ0n) is 23.4. The molecule has 3 N–H and O–H groups in total. The Morgan fingerprint density at radius 1 is 0.814 bits per heavy atom. The van der Waals surface area contributed by atoms with Crippen molar-refractivity contribution in [1.29, 1.82) is 0 Å². The van der Waals surface area contributed by atoms with Gasteiger partial charge in [0, 0.05) is 32.3 Å². The monoisotopic (exact) mass is 642 g/mol. The summed E-state index contributed by atoms with van der Waals surface area (Å²) in [6.07, 6.45) is 0.666. The Labute approximate surface area is 260 Å². The van der Waals surface area contributed by atoms with E-state index in [1.807, 2.05) is 36.4 Å². The van der Waals surface area contributed by atoms with Crippen molar-refractivity contribution in [3.8, 4) is 0 Å². The normalized spacial score (nSPS) is 11.0. The van der Waals surface area contributed by atoms with Crippen molar-refractivity contribution in [3.63, 3.8) is 0 Å². The number of anilines is 2. The van der Waals surface area contributed by atoms with Gasteiger partial charge in [-0.1, -0.05) is 83.3 Å². The van der Waals surface area contributed by atoms with Gasteiger partial charge in [0.2, 0.25) is 22.3 Å². The van der Waals surface area contributed by atoms with Gasteiger partial charge in [-0.2, -0.15) is 11.8 Å². The average Bonchev–Trinajstić information content (AvgIpc) is 3.61. The fourth-order valence-corrected chi connectivity index (χ4v) is 6.05. The van der Waals surface area contributed by atoms with Gasteiger partial charge < -0.3 is 15.2 Å². The fraction of sp³-hybridized carbons (Fsp3) is 0.286. The third-order valence-electron chi connectivity index (χ3n) is 5.16. The van der Waals surface area contributed by atoms with E-state index in [1.54, 1.807) is 36.0 Å². The number of thioether (sulfide) groups is 1. The van der Waals surface area contributed by atoms with Crippen molar-refractivity contribution in [1.82, 2.24) is 20.4 Å². The molecule has 2 heterocycles. The first kappa shape index (κ1) is 33.3. The lowest BCUT2D eigenvalue weighted by Crippen LogP contribution is -2.25. The van der Waals surface area contributed by atoms with E-state index in [2.05, 4.69) is 31.0 Å². The van der Waals surface area contributed by atoms with Crippen LogP contribution in [-0.2, 0) is 43.2 Å². The lowest BCUT2D eigenvalue weighted by atomic mass is 10.1. The van der Waals surface area contributed by atoms with E-state index >= 15 is 0 Å². The summed E-state index contributed by atoms with van der Waals surface area (Å²) >= 11 is 4.41. The molecule has 0 saturated carbocycles. The van der Waals surface area contributed by atoms with E-state index in [4.69, 9.17) is 14.6 Å². The molecular weight excluding hydrogens is 613 g/mol. The minimum Gasteiger partial charge on any atom is -0.481 e. The van der Waals surface area contributed by atoms with Crippen LogP contribution in [0.3, 0.4) is 0 Å². The van der Waals surface area contributed by atoms with Crippen molar-refractivity contribution in [2.24, 2.45) is 0 Å². The molecule has 12 nitrogen and oxygen atoms in total. The van der Waals surface area contributed by atoms with Gasteiger partial charge in [-0.25, -0.2) is 0 Å². The van der Waals surface area contributed by atoms with Gasteiger partial charge in [-0.05, 0) is 17.1 Å². The van der Waals surface area contributed by atoms with Crippen LogP contribution >= 0.6 is 34.4 Å². The quantitative estimate of drug-likeness (QED) is 0.139. The zero-order valence-corrected chi connectivity index (χ0v) is 25.8. The topological polar surface area (TPSA) is 173 Å². The highest BCUT2D eigenvalue weighted by molar-refractivity contribution is 7.99. The van der Waals surface area contributed by atoms with E-state index < -0.39 is 23.9 Å².